The van der Waals surface area contributed by atoms with E-state index in [-0.39, 0.29) is 22.7 Å². The van der Waals surface area contributed by atoms with Crippen LogP contribution in [0.2, 0.25) is 0 Å². The van der Waals surface area contributed by atoms with Crippen molar-refractivity contribution in [2.45, 2.75) is 0 Å². The number of hydrogen-bond acceptors (Lipinski definition) is 6. The van der Waals surface area contributed by atoms with Gasteiger partial charge in [-0.05, 0) is 22.4 Å². The fourth-order valence-corrected chi connectivity index (χ4v) is 1.40. The molecule has 0 aliphatic rings. The maximum absolute atomic E-state index is 11.6. The van der Waals surface area contributed by atoms with Crippen LogP contribution < -0.4 is 10.9 Å². The van der Waals surface area contributed by atoms with Crippen LogP contribution in [-0.4, -0.2) is 20.3 Å². The molecule has 0 saturated heterocycles. The van der Waals surface area contributed by atoms with Crippen molar-refractivity contribution in [3.63, 3.8) is 0 Å². The predicted molar refractivity (Wildman–Crippen MR) is 59.9 cm³/mol. The first-order chi connectivity index (χ1) is 8.33. The van der Waals surface area contributed by atoms with Gasteiger partial charge in [-0.15, -0.1) is 0 Å². The average Bonchev–Trinajstić information content (AvgIpc) is 2.78. The highest BCUT2D eigenvalue weighted by Gasteiger charge is 2.08. The number of nitrogens with one attached hydrogen (secondary N) is 2. The number of nitrogens with zero attached hydrogens (tertiary/aromatic N) is 3. The zero-order valence-corrected chi connectivity index (χ0v) is 8.54. The largest absolute Gasteiger partial charge is 0.336 e. The number of aromatic nitrogens is 4. The molecule has 2 N–H and O–H groups in total. The lowest BCUT2D eigenvalue weighted by Gasteiger charge is -2.02. The van der Waals surface area contributed by atoms with Crippen molar-refractivity contribution in [1.82, 2.24) is 20.3 Å². The third-order valence-electron chi connectivity index (χ3n) is 2.17. The summed E-state index contributed by atoms with van der Waals surface area (Å²) in [5.74, 6) is 0.152. The Morgan fingerprint density at radius 3 is 2.82 bits per heavy atom. The number of benzene rings is 1. The molecule has 17 heavy (non-hydrogen) atoms. The van der Waals surface area contributed by atoms with Gasteiger partial charge in [0.1, 0.15) is 0 Å². The standard InChI is InChI=1S/C10H7N5O2/c16-10-9(11-6-4-2-1-3-5-6)12-7-8(13-10)15-17-14-7/h1-5H,(H,11,12,14)(H,13,15,16). The summed E-state index contributed by atoms with van der Waals surface area (Å²) in [6.07, 6.45) is 0. The Morgan fingerprint density at radius 2 is 2.00 bits per heavy atom. The van der Waals surface area contributed by atoms with Crippen molar-refractivity contribution < 1.29 is 4.63 Å². The second kappa shape index (κ2) is 3.71. The van der Waals surface area contributed by atoms with Gasteiger partial charge in [0.15, 0.2) is 5.82 Å². The molecule has 2 heterocycles. The summed E-state index contributed by atoms with van der Waals surface area (Å²) < 4.78 is 4.46. The number of anilines is 2. The van der Waals surface area contributed by atoms with Gasteiger partial charge in [0.25, 0.3) is 5.56 Å². The lowest BCUT2D eigenvalue weighted by atomic mass is 10.3. The van der Waals surface area contributed by atoms with E-state index < -0.39 is 0 Å². The van der Waals surface area contributed by atoms with Gasteiger partial charge in [0, 0.05) is 5.69 Å². The Bertz CT molecular complexity index is 703. The van der Waals surface area contributed by atoms with Gasteiger partial charge in [0.05, 0.1) is 0 Å². The first kappa shape index (κ1) is 9.52. The molecular weight excluding hydrogens is 222 g/mol. The quantitative estimate of drug-likeness (QED) is 0.681. The van der Waals surface area contributed by atoms with Gasteiger partial charge in [-0.25, -0.2) is 4.63 Å². The van der Waals surface area contributed by atoms with Crippen LogP contribution in [0.3, 0.4) is 0 Å². The molecule has 0 bridgehead atoms. The van der Waals surface area contributed by atoms with E-state index in [0.29, 0.717) is 0 Å². The SMILES string of the molecule is O=c1[nH]c2nonc2nc1Nc1ccccc1. The second-order valence-corrected chi connectivity index (χ2v) is 3.34. The Hall–Kier alpha value is -2.70. The third kappa shape index (κ3) is 1.73. The molecule has 3 rings (SSSR count). The Balaban J connectivity index is 2.05. The minimum atomic E-state index is -0.378. The molecule has 0 saturated carbocycles. The van der Waals surface area contributed by atoms with E-state index in [9.17, 15) is 4.79 Å². The van der Waals surface area contributed by atoms with Crippen LogP contribution in [0.15, 0.2) is 39.8 Å². The molecule has 0 radical (unpaired) electrons. The molecule has 84 valence electrons. The summed E-state index contributed by atoms with van der Waals surface area (Å²) in [5, 5.41) is 9.94. The number of aromatic amines is 1. The van der Waals surface area contributed by atoms with Crippen LogP contribution in [-0.2, 0) is 0 Å². The zero-order chi connectivity index (χ0) is 11.7. The fraction of sp³-hybridized carbons (Fsp3) is 0. The van der Waals surface area contributed by atoms with Crippen LogP contribution in [0.5, 0.6) is 0 Å². The highest BCUT2D eigenvalue weighted by molar-refractivity contribution is 5.66. The molecule has 0 spiro atoms. The number of para-hydroxylation sites is 1. The van der Waals surface area contributed by atoms with Crippen LogP contribution in [0.4, 0.5) is 11.5 Å². The second-order valence-electron chi connectivity index (χ2n) is 3.34. The minimum Gasteiger partial charge on any atom is -0.336 e. The van der Waals surface area contributed by atoms with Crippen molar-refractivity contribution in [3.05, 3.63) is 40.7 Å². The van der Waals surface area contributed by atoms with Crippen molar-refractivity contribution >= 4 is 22.8 Å². The first-order valence-electron chi connectivity index (χ1n) is 4.87. The lowest BCUT2D eigenvalue weighted by Crippen LogP contribution is -2.13. The summed E-state index contributed by atoms with van der Waals surface area (Å²) in [7, 11) is 0. The third-order valence-corrected chi connectivity index (χ3v) is 2.17. The predicted octanol–water partition coefficient (Wildman–Crippen LogP) is 1.05. The molecule has 2 aromatic heterocycles. The number of H-pyrrole nitrogens is 1. The first-order valence-corrected chi connectivity index (χ1v) is 4.87. The lowest BCUT2D eigenvalue weighted by molar-refractivity contribution is 0.314. The van der Waals surface area contributed by atoms with Crippen molar-refractivity contribution in [3.8, 4) is 0 Å². The Labute approximate surface area is 94.5 Å². The van der Waals surface area contributed by atoms with Crippen LogP contribution in [0.25, 0.3) is 11.3 Å². The van der Waals surface area contributed by atoms with E-state index in [4.69, 9.17) is 0 Å². The molecule has 0 fully saturated rings. The topological polar surface area (TPSA) is 96.7 Å². The Kier molecular flexibility index (Phi) is 2.08. The molecule has 0 aliphatic heterocycles. The summed E-state index contributed by atoms with van der Waals surface area (Å²) in [5.41, 5.74) is 0.870. The fourth-order valence-electron chi connectivity index (χ4n) is 1.40. The van der Waals surface area contributed by atoms with E-state index >= 15 is 0 Å². The summed E-state index contributed by atoms with van der Waals surface area (Å²) in [6.45, 7) is 0. The molecule has 1 aromatic carbocycles. The van der Waals surface area contributed by atoms with Gasteiger partial charge in [0.2, 0.25) is 11.3 Å². The molecule has 0 atom stereocenters. The highest BCUT2D eigenvalue weighted by atomic mass is 16.6. The van der Waals surface area contributed by atoms with Gasteiger partial charge < -0.3 is 5.32 Å². The van der Waals surface area contributed by atoms with Gasteiger partial charge in [-0.1, -0.05) is 18.2 Å². The molecule has 7 heteroatoms. The maximum atomic E-state index is 11.6. The summed E-state index contributed by atoms with van der Waals surface area (Å²) in [6, 6.07) is 9.24. The van der Waals surface area contributed by atoms with E-state index in [1.165, 1.54) is 0 Å². The number of hydrogen-bond donors (Lipinski definition) is 2. The molecule has 7 nitrogen and oxygen atoms in total. The summed E-state index contributed by atoms with van der Waals surface area (Å²) in [4.78, 5) is 18.2. The van der Waals surface area contributed by atoms with E-state index in [1.54, 1.807) is 0 Å². The molecule has 0 unspecified atom stereocenters. The van der Waals surface area contributed by atoms with E-state index in [1.807, 2.05) is 30.3 Å². The van der Waals surface area contributed by atoms with Gasteiger partial charge in [-0.3, -0.25) is 9.78 Å². The Morgan fingerprint density at radius 1 is 1.18 bits per heavy atom. The maximum Gasteiger partial charge on any atom is 0.292 e. The average molecular weight is 229 g/mol. The number of rotatable bonds is 2. The van der Waals surface area contributed by atoms with Crippen LogP contribution in [0, 0.1) is 0 Å². The van der Waals surface area contributed by atoms with Crippen molar-refractivity contribution in [2.75, 3.05) is 5.32 Å². The van der Waals surface area contributed by atoms with Crippen LogP contribution in [0.1, 0.15) is 0 Å². The summed E-state index contributed by atoms with van der Waals surface area (Å²) >= 11 is 0. The zero-order valence-electron chi connectivity index (χ0n) is 8.54. The van der Waals surface area contributed by atoms with Crippen molar-refractivity contribution in [2.24, 2.45) is 0 Å². The normalized spacial score (nSPS) is 10.6. The molecule has 0 aliphatic carbocycles. The van der Waals surface area contributed by atoms with Gasteiger partial charge >= 0.3 is 0 Å². The number of fused-ring (bicyclic) bond motifs is 1. The molecular formula is C10H7N5O2. The monoisotopic (exact) mass is 229 g/mol. The van der Waals surface area contributed by atoms with E-state index in [2.05, 4.69) is 30.2 Å². The minimum absolute atomic E-state index is 0.152. The van der Waals surface area contributed by atoms with E-state index in [0.717, 1.165) is 5.69 Å². The highest BCUT2D eigenvalue weighted by Crippen LogP contribution is 2.11. The molecule has 0 amide bonds. The van der Waals surface area contributed by atoms with Crippen molar-refractivity contribution in [1.29, 1.82) is 0 Å². The smallest absolute Gasteiger partial charge is 0.292 e. The van der Waals surface area contributed by atoms with Crippen LogP contribution >= 0.6 is 0 Å². The molecule has 3 aromatic rings. The van der Waals surface area contributed by atoms with Gasteiger partial charge in [-0.2, -0.15) is 4.98 Å².